The van der Waals surface area contributed by atoms with E-state index in [0.29, 0.717) is 10.8 Å². The predicted octanol–water partition coefficient (Wildman–Crippen LogP) is 3.88. The van der Waals surface area contributed by atoms with Crippen LogP contribution < -0.4 is 10.2 Å². The van der Waals surface area contributed by atoms with Crippen LogP contribution in [-0.2, 0) is 4.79 Å². The maximum Gasteiger partial charge on any atom is 0.279 e. The number of aromatic nitrogens is 2. The van der Waals surface area contributed by atoms with E-state index in [4.69, 9.17) is 27.9 Å². The third-order valence-corrected chi connectivity index (χ3v) is 4.07. The number of benzene rings is 2. The third kappa shape index (κ3) is 3.25. The minimum atomic E-state index is -0.757. The van der Waals surface area contributed by atoms with Crippen molar-refractivity contribution in [3.05, 3.63) is 58.8 Å². The number of hydrogen-bond acceptors (Lipinski definition) is 3. The van der Waals surface area contributed by atoms with Crippen molar-refractivity contribution in [3.8, 4) is 5.75 Å². The summed E-state index contributed by atoms with van der Waals surface area (Å²) in [5.74, 6) is 0.0292. The topological polar surface area (TPSA) is 56.1 Å². The monoisotopic (exact) mass is 349 g/mol. The van der Waals surface area contributed by atoms with Crippen molar-refractivity contribution in [2.24, 2.45) is 0 Å². The number of halogens is 2. The Hall–Kier alpha value is -2.24. The quantitative estimate of drug-likeness (QED) is 0.777. The van der Waals surface area contributed by atoms with Crippen molar-refractivity contribution in [1.82, 2.24) is 9.66 Å². The van der Waals surface area contributed by atoms with Crippen LogP contribution in [0.2, 0.25) is 10.0 Å². The zero-order valence-electron chi connectivity index (χ0n) is 12.2. The van der Waals surface area contributed by atoms with E-state index in [9.17, 15) is 4.79 Å². The number of carbonyl (C=O) groups excluding carboxylic acids is 1. The molecule has 0 spiro atoms. The van der Waals surface area contributed by atoms with E-state index in [0.717, 1.165) is 11.0 Å². The first-order chi connectivity index (χ1) is 11.1. The highest BCUT2D eigenvalue weighted by atomic mass is 35.5. The lowest BCUT2D eigenvalue weighted by molar-refractivity contribution is -0.122. The van der Waals surface area contributed by atoms with Crippen LogP contribution in [-0.4, -0.2) is 21.7 Å². The molecule has 0 saturated carbocycles. The van der Waals surface area contributed by atoms with Crippen LogP contribution in [0.15, 0.2) is 48.8 Å². The molecule has 1 atom stereocenters. The van der Waals surface area contributed by atoms with Crippen LogP contribution in [0.4, 0.5) is 0 Å². The molecular weight excluding hydrogens is 337 g/mol. The molecule has 5 nitrogen and oxygen atoms in total. The summed E-state index contributed by atoms with van der Waals surface area (Å²) in [6, 6.07) is 12.5. The van der Waals surface area contributed by atoms with Crippen LogP contribution >= 0.6 is 23.2 Å². The number of rotatable bonds is 4. The molecule has 3 aromatic rings. The van der Waals surface area contributed by atoms with Gasteiger partial charge in [-0.15, -0.1) is 0 Å². The molecule has 1 aromatic heterocycles. The van der Waals surface area contributed by atoms with Gasteiger partial charge in [-0.2, -0.15) is 0 Å². The molecule has 0 aliphatic heterocycles. The molecule has 0 unspecified atom stereocenters. The summed E-state index contributed by atoms with van der Waals surface area (Å²) in [5, 5.41) is 0.652. The zero-order valence-corrected chi connectivity index (χ0v) is 13.7. The Labute approximate surface area is 142 Å². The smallest absolute Gasteiger partial charge is 0.279 e. The molecule has 0 bridgehead atoms. The molecule has 0 fully saturated rings. The van der Waals surface area contributed by atoms with Gasteiger partial charge >= 0.3 is 0 Å². The molecular formula is C16H13Cl2N3O2. The van der Waals surface area contributed by atoms with Crippen molar-refractivity contribution in [3.63, 3.8) is 0 Å². The van der Waals surface area contributed by atoms with Crippen LogP contribution in [0.5, 0.6) is 5.75 Å². The summed E-state index contributed by atoms with van der Waals surface area (Å²) >= 11 is 12.0. The molecule has 1 N–H and O–H groups in total. The Morgan fingerprint density at radius 2 is 2.00 bits per heavy atom. The third-order valence-electron chi connectivity index (χ3n) is 3.27. The maximum atomic E-state index is 12.3. The van der Waals surface area contributed by atoms with E-state index < -0.39 is 6.10 Å². The highest BCUT2D eigenvalue weighted by Crippen LogP contribution is 2.32. The first-order valence-corrected chi connectivity index (χ1v) is 7.65. The lowest BCUT2D eigenvalue weighted by Gasteiger charge is -2.16. The van der Waals surface area contributed by atoms with Crippen LogP contribution in [0.1, 0.15) is 6.92 Å². The van der Waals surface area contributed by atoms with E-state index in [2.05, 4.69) is 10.4 Å². The highest BCUT2D eigenvalue weighted by molar-refractivity contribution is 6.42. The summed E-state index contributed by atoms with van der Waals surface area (Å²) in [5.41, 5.74) is 4.32. The van der Waals surface area contributed by atoms with Gasteiger partial charge in [0.25, 0.3) is 5.91 Å². The summed E-state index contributed by atoms with van der Waals surface area (Å²) in [6.45, 7) is 1.63. The van der Waals surface area contributed by atoms with Gasteiger partial charge in [-0.3, -0.25) is 10.2 Å². The van der Waals surface area contributed by atoms with Crippen molar-refractivity contribution in [2.45, 2.75) is 13.0 Å². The van der Waals surface area contributed by atoms with Crippen LogP contribution in [0.3, 0.4) is 0 Å². The molecule has 0 radical (unpaired) electrons. The summed E-state index contributed by atoms with van der Waals surface area (Å²) in [7, 11) is 0. The number of hydrogen-bond donors (Lipinski definition) is 1. The Morgan fingerprint density at radius 1 is 1.22 bits per heavy atom. The Bertz CT molecular complexity index is 863. The van der Waals surface area contributed by atoms with Gasteiger partial charge in [0.2, 0.25) is 0 Å². The molecule has 23 heavy (non-hydrogen) atoms. The molecule has 2 aromatic carbocycles. The Balaban J connectivity index is 1.74. The standard InChI is InChI=1S/C16H13Cl2N3O2/c1-10(23-14-8-4-5-11(17)15(14)18)16(22)20-21-9-19-12-6-2-3-7-13(12)21/h2-10H,1H3,(H,20,22)/t10-/m1/s1. The Morgan fingerprint density at radius 3 is 2.83 bits per heavy atom. The molecule has 118 valence electrons. The van der Waals surface area contributed by atoms with Crippen molar-refractivity contribution >= 4 is 40.1 Å². The van der Waals surface area contributed by atoms with Crippen LogP contribution in [0.25, 0.3) is 11.0 Å². The first-order valence-electron chi connectivity index (χ1n) is 6.90. The van der Waals surface area contributed by atoms with Crippen molar-refractivity contribution < 1.29 is 9.53 Å². The summed E-state index contributed by atoms with van der Waals surface area (Å²) in [6.07, 6.45) is 0.786. The van der Waals surface area contributed by atoms with E-state index >= 15 is 0 Å². The second-order valence-corrected chi connectivity index (χ2v) is 5.68. The van der Waals surface area contributed by atoms with E-state index in [1.165, 1.54) is 0 Å². The van der Waals surface area contributed by atoms with E-state index in [-0.39, 0.29) is 10.9 Å². The maximum absolute atomic E-state index is 12.3. The average Bonchev–Trinajstić information content (AvgIpc) is 2.95. The van der Waals surface area contributed by atoms with Gasteiger partial charge in [0.15, 0.2) is 6.10 Å². The molecule has 1 amide bonds. The largest absolute Gasteiger partial charge is 0.479 e. The van der Waals surface area contributed by atoms with Gasteiger partial charge in [-0.05, 0) is 31.2 Å². The van der Waals surface area contributed by atoms with Crippen molar-refractivity contribution in [2.75, 3.05) is 5.43 Å². The number of nitrogens with one attached hydrogen (secondary N) is 1. The number of fused-ring (bicyclic) bond motifs is 1. The molecule has 1 heterocycles. The van der Waals surface area contributed by atoms with Gasteiger partial charge in [0.1, 0.15) is 17.1 Å². The van der Waals surface area contributed by atoms with E-state index in [1.54, 1.807) is 36.1 Å². The fourth-order valence-electron chi connectivity index (χ4n) is 2.08. The molecule has 0 aliphatic rings. The van der Waals surface area contributed by atoms with Crippen molar-refractivity contribution in [1.29, 1.82) is 0 Å². The molecule has 0 aliphatic carbocycles. The predicted molar refractivity (Wildman–Crippen MR) is 90.7 cm³/mol. The van der Waals surface area contributed by atoms with Gasteiger partial charge in [-0.25, -0.2) is 9.66 Å². The van der Waals surface area contributed by atoms with Gasteiger partial charge < -0.3 is 4.74 Å². The second-order valence-electron chi connectivity index (χ2n) is 4.89. The van der Waals surface area contributed by atoms with Gasteiger partial charge in [0.05, 0.1) is 16.1 Å². The molecule has 0 saturated heterocycles. The summed E-state index contributed by atoms with van der Waals surface area (Å²) in [4.78, 5) is 16.5. The van der Waals surface area contributed by atoms with E-state index in [1.807, 2.05) is 24.3 Å². The number of amides is 1. The fraction of sp³-hybridized carbons (Fsp3) is 0.125. The molecule has 3 rings (SSSR count). The van der Waals surface area contributed by atoms with Gasteiger partial charge in [-0.1, -0.05) is 41.4 Å². The fourth-order valence-corrected chi connectivity index (χ4v) is 2.41. The highest BCUT2D eigenvalue weighted by Gasteiger charge is 2.18. The average molecular weight is 350 g/mol. The lowest BCUT2D eigenvalue weighted by Crippen LogP contribution is -2.34. The number of ether oxygens (including phenoxy) is 1. The van der Waals surface area contributed by atoms with Gasteiger partial charge in [0, 0.05) is 0 Å². The number of imidazole rings is 1. The molecule has 7 heteroatoms. The summed E-state index contributed by atoms with van der Waals surface area (Å²) < 4.78 is 7.14. The normalized spacial score (nSPS) is 12.1. The number of nitrogens with zero attached hydrogens (tertiary/aromatic N) is 2. The first kappa shape index (κ1) is 15.6. The Kier molecular flexibility index (Phi) is 4.41. The minimum Gasteiger partial charge on any atom is -0.479 e. The second kappa shape index (κ2) is 6.48. The minimum absolute atomic E-state index is 0.280. The number of carbonyl (C=O) groups is 1. The number of para-hydroxylation sites is 2. The lowest BCUT2D eigenvalue weighted by atomic mass is 10.3. The van der Waals surface area contributed by atoms with Crippen LogP contribution in [0, 0.1) is 0 Å². The SMILES string of the molecule is C[C@@H](Oc1cccc(Cl)c1Cl)C(=O)Nn1cnc2ccccc21. The zero-order chi connectivity index (χ0) is 16.4.